The van der Waals surface area contributed by atoms with E-state index in [1.165, 1.54) is 0 Å². The van der Waals surface area contributed by atoms with Crippen LogP contribution in [0.2, 0.25) is 0 Å². The van der Waals surface area contributed by atoms with E-state index in [4.69, 9.17) is 0 Å². The first-order valence-electron chi connectivity index (χ1n) is 20.9. The van der Waals surface area contributed by atoms with Gasteiger partial charge in [0.15, 0.2) is 0 Å². The van der Waals surface area contributed by atoms with Gasteiger partial charge in [0.2, 0.25) is 0 Å². The van der Waals surface area contributed by atoms with Crippen molar-refractivity contribution in [1.29, 1.82) is 0 Å². The minimum absolute atomic E-state index is 0.0770. The molecule has 296 valence electrons. The van der Waals surface area contributed by atoms with Gasteiger partial charge in [-0.1, -0.05) is 0 Å². The van der Waals surface area contributed by atoms with Gasteiger partial charge in [0.25, 0.3) is 0 Å². The summed E-state index contributed by atoms with van der Waals surface area (Å²) in [6.45, 7) is -1.91. The molecule has 0 aliphatic carbocycles. The molecule has 0 atom stereocenters. The fourth-order valence-electron chi connectivity index (χ4n) is 10.1. The van der Waals surface area contributed by atoms with E-state index in [0.717, 1.165) is 66.1 Å². The third kappa shape index (κ3) is 5.54. The average molecular weight is 821 g/mol. The molecule has 1 heterocycles. The SMILES string of the molecule is Cc1ccc(P2(F)(c3ccc(C)cc3)Cc3ccccc3CP(F)(c3ccc(C)cc3)(c3ccc(C)cc3)c3ccc4ccccc4c3-c3c2ccc2ccccc32)cc1. The number of hydrogen-bond acceptors (Lipinski definition) is 0. The third-order valence-corrected chi connectivity index (χ3v) is 23.5. The average Bonchev–Trinajstić information content (AvgIpc) is 3.27. The van der Waals surface area contributed by atoms with Crippen LogP contribution in [0.1, 0.15) is 33.4 Å². The summed E-state index contributed by atoms with van der Waals surface area (Å²) in [7, 11) is 0. The summed E-state index contributed by atoms with van der Waals surface area (Å²) in [4.78, 5) is 0. The number of benzene rings is 9. The predicted octanol–water partition coefficient (Wildman–Crippen LogP) is 13.0. The number of aryl methyl sites for hydroxylation is 4. The van der Waals surface area contributed by atoms with Crippen LogP contribution in [0.3, 0.4) is 0 Å². The Morgan fingerprint density at radius 3 is 0.917 bits per heavy atom. The van der Waals surface area contributed by atoms with Crippen LogP contribution in [0.4, 0.5) is 8.39 Å². The molecule has 0 saturated heterocycles. The van der Waals surface area contributed by atoms with Crippen LogP contribution in [0, 0.1) is 27.7 Å². The van der Waals surface area contributed by atoms with Crippen molar-refractivity contribution in [3.63, 3.8) is 0 Å². The molecule has 0 radical (unpaired) electrons. The fraction of sp³-hybridized carbons (Fsp3) is 0.107. The Balaban J connectivity index is 1.53. The zero-order chi connectivity index (χ0) is 41.3. The molecule has 9 aromatic carbocycles. The molecular formula is C56H48F2P2. The Hall–Kier alpha value is -5.78. The van der Waals surface area contributed by atoms with Crippen LogP contribution >= 0.6 is 13.8 Å². The van der Waals surface area contributed by atoms with Crippen molar-refractivity contribution in [2.24, 2.45) is 0 Å². The zero-order valence-corrected chi connectivity index (χ0v) is 36.3. The first-order valence-corrected chi connectivity index (χ1v) is 25.5. The quantitative estimate of drug-likeness (QED) is 0.155. The Bertz CT molecular complexity index is 2810. The van der Waals surface area contributed by atoms with E-state index >= 15 is 8.39 Å². The summed E-state index contributed by atoms with van der Waals surface area (Å²) >= 11 is 0. The molecule has 10 rings (SSSR count). The molecule has 0 unspecified atom stereocenters. The van der Waals surface area contributed by atoms with Crippen LogP contribution < -0.4 is 31.8 Å². The van der Waals surface area contributed by atoms with Crippen molar-refractivity contribution in [1.82, 2.24) is 0 Å². The van der Waals surface area contributed by atoms with Gasteiger partial charge in [-0.15, -0.1) is 0 Å². The van der Waals surface area contributed by atoms with Gasteiger partial charge in [-0.2, -0.15) is 0 Å². The van der Waals surface area contributed by atoms with Crippen molar-refractivity contribution >= 4 is 67.2 Å². The molecule has 0 N–H and O–H groups in total. The summed E-state index contributed by atoms with van der Waals surface area (Å²) in [5.74, 6) is 0. The van der Waals surface area contributed by atoms with Gasteiger partial charge in [-0.3, -0.25) is 0 Å². The van der Waals surface area contributed by atoms with Gasteiger partial charge in [-0.05, 0) is 0 Å². The predicted molar refractivity (Wildman–Crippen MR) is 259 cm³/mol. The first kappa shape index (κ1) is 38.4. The van der Waals surface area contributed by atoms with E-state index in [-0.39, 0.29) is 12.3 Å². The topological polar surface area (TPSA) is 0 Å². The van der Waals surface area contributed by atoms with Crippen molar-refractivity contribution in [2.75, 3.05) is 0 Å². The molecule has 1 aliphatic rings. The summed E-state index contributed by atoms with van der Waals surface area (Å²) in [5, 5.41) is 7.69. The molecule has 0 saturated carbocycles. The molecule has 0 spiro atoms. The van der Waals surface area contributed by atoms with E-state index in [2.05, 4.69) is 137 Å². The molecule has 0 aromatic heterocycles. The molecular weight excluding hydrogens is 773 g/mol. The van der Waals surface area contributed by atoms with Gasteiger partial charge in [-0.25, -0.2) is 0 Å². The maximum atomic E-state index is 21.6. The van der Waals surface area contributed by atoms with Crippen molar-refractivity contribution < 1.29 is 8.39 Å². The second-order valence-corrected chi connectivity index (χ2v) is 25.5. The molecule has 0 fully saturated rings. The second-order valence-electron chi connectivity index (χ2n) is 17.2. The van der Waals surface area contributed by atoms with E-state index in [1.807, 2.05) is 84.9 Å². The summed E-state index contributed by atoms with van der Waals surface area (Å²) in [6.07, 6.45) is 0.154. The van der Waals surface area contributed by atoms with Crippen LogP contribution in [0.25, 0.3) is 32.7 Å². The molecule has 0 nitrogen and oxygen atoms in total. The molecule has 4 heteroatoms. The van der Waals surface area contributed by atoms with E-state index in [9.17, 15) is 0 Å². The number of halogens is 2. The van der Waals surface area contributed by atoms with Crippen LogP contribution in [0.15, 0.2) is 194 Å². The van der Waals surface area contributed by atoms with Gasteiger partial charge in [0, 0.05) is 0 Å². The van der Waals surface area contributed by atoms with Gasteiger partial charge in [0.1, 0.15) is 0 Å². The van der Waals surface area contributed by atoms with Crippen molar-refractivity contribution in [3.8, 4) is 11.1 Å². The Morgan fingerprint density at radius 1 is 0.317 bits per heavy atom. The molecule has 0 bridgehead atoms. The Labute approximate surface area is 352 Å². The molecule has 9 aromatic rings. The number of fused-ring (bicyclic) bond motifs is 8. The fourth-order valence-corrected chi connectivity index (χ4v) is 20.1. The monoisotopic (exact) mass is 820 g/mol. The maximum absolute atomic E-state index is 21.6. The molecule has 0 amide bonds. The Morgan fingerprint density at radius 2 is 0.600 bits per heavy atom. The second kappa shape index (κ2) is 13.9. The van der Waals surface area contributed by atoms with E-state index in [0.29, 0.717) is 31.8 Å². The van der Waals surface area contributed by atoms with E-state index in [1.54, 1.807) is 0 Å². The van der Waals surface area contributed by atoms with Gasteiger partial charge < -0.3 is 0 Å². The van der Waals surface area contributed by atoms with Crippen LogP contribution in [-0.4, -0.2) is 0 Å². The van der Waals surface area contributed by atoms with Crippen molar-refractivity contribution in [2.45, 2.75) is 40.0 Å². The summed E-state index contributed by atoms with van der Waals surface area (Å²) in [6, 6.07) is 65.7. The van der Waals surface area contributed by atoms with Crippen LogP contribution in [0.5, 0.6) is 0 Å². The van der Waals surface area contributed by atoms with Crippen LogP contribution in [-0.2, 0) is 12.3 Å². The van der Waals surface area contributed by atoms with Gasteiger partial charge in [0.05, 0.1) is 0 Å². The molecule has 1 aliphatic heterocycles. The third-order valence-electron chi connectivity index (χ3n) is 13.4. The Kier molecular flexibility index (Phi) is 8.89. The standard InChI is InChI=1S/C56H48F2P2/c1-39-17-27-47(28-18-39)59(57,48-29-19-40(2)20-30-48)37-45-13-5-6-14-46(45)38-60(58,49-31-21-41(3)22-32-49,50-33-23-42(4)24-34-50)54-36-26-44-12-8-10-16-52(44)56(54)55-51-15-9-7-11-43(51)25-35-53(55)59/h5-36H,37-38H2,1-4H3. The summed E-state index contributed by atoms with van der Waals surface area (Å²) < 4.78 is 43.2. The normalized spacial score (nSPS) is 17.4. The molecule has 60 heavy (non-hydrogen) atoms. The van der Waals surface area contributed by atoms with E-state index < -0.39 is 13.8 Å². The first-order chi connectivity index (χ1) is 29.0. The van der Waals surface area contributed by atoms with Gasteiger partial charge >= 0.3 is 354 Å². The number of rotatable bonds is 4. The number of hydrogen-bond donors (Lipinski definition) is 0. The zero-order valence-electron chi connectivity index (χ0n) is 34.5. The summed E-state index contributed by atoms with van der Waals surface area (Å²) in [5.41, 5.74) is 7.45. The van der Waals surface area contributed by atoms with Crippen molar-refractivity contribution in [3.05, 3.63) is 228 Å². The minimum atomic E-state index is -5.07.